The number of β-amino-alcohol motifs (C(OH)–C–C–N with tert-alkyl or cyclic N) is 1. The second kappa shape index (κ2) is 13.3. The third kappa shape index (κ3) is 6.29. The normalized spacial score (nSPS) is 20.8. The summed E-state index contributed by atoms with van der Waals surface area (Å²) in [5.74, 6) is -3.93. The van der Waals surface area contributed by atoms with Crippen LogP contribution in [0.4, 0.5) is 18.9 Å². The number of aliphatic hydroxyl groups is 1. The lowest BCUT2D eigenvalue weighted by molar-refractivity contribution is -0.275. The van der Waals surface area contributed by atoms with Crippen LogP contribution in [0.5, 0.6) is 17.2 Å². The summed E-state index contributed by atoms with van der Waals surface area (Å²) in [6.45, 7) is -0.357. The van der Waals surface area contributed by atoms with Crippen molar-refractivity contribution >= 4 is 45.0 Å². The number of hydrogen-bond acceptors (Lipinski definition) is 10. The first-order valence-electron chi connectivity index (χ1n) is 14.8. The van der Waals surface area contributed by atoms with E-state index >= 15 is 4.79 Å². The van der Waals surface area contributed by atoms with Gasteiger partial charge in [-0.3, -0.25) is 19.3 Å². The lowest BCUT2D eigenvalue weighted by Gasteiger charge is -2.42. The highest BCUT2D eigenvalue weighted by Crippen LogP contribution is 2.55. The third-order valence-electron chi connectivity index (χ3n) is 8.42. The molecular weight excluding hydrogens is 709 g/mol. The number of alkyl halides is 3. The maximum absolute atomic E-state index is 15.4. The number of fused-ring (bicyclic) bond motifs is 1. The maximum Gasteiger partial charge on any atom is 0.573 e. The molecule has 5 rings (SSSR count). The number of likely N-dealkylation sites (N-methyl/N-ethyl adjacent to an activating group) is 1. The van der Waals surface area contributed by atoms with Crippen LogP contribution in [0.25, 0.3) is 0 Å². The standard InChI is InChI=1S/C32H32ClF3N4O9S/c1-38(2)29(43)24-14-19(41)16-39(24)31(22-11-17(12-28(37)42)5-9-25(22)48-4)21-13-18(33)6-8-23(21)40(30(31)44)50(45,46)27-10-7-20(47-3)15-26(27)49-32(34,35)36/h5-11,13,15,19,24,41H,12,14,16H2,1-4H3,(H2,37,42)/t19-,24+,31?/m1/s1. The van der Waals surface area contributed by atoms with Crippen LogP contribution < -0.4 is 24.2 Å². The van der Waals surface area contributed by atoms with E-state index in [1.54, 1.807) is 0 Å². The van der Waals surface area contributed by atoms with Crippen molar-refractivity contribution in [1.82, 2.24) is 9.80 Å². The van der Waals surface area contributed by atoms with Crippen molar-refractivity contribution in [3.63, 3.8) is 0 Å². The first kappa shape index (κ1) is 36.7. The van der Waals surface area contributed by atoms with Crippen molar-refractivity contribution in [3.05, 3.63) is 76.3 Å². The van der Waals surface area contributed by atoms with Gasteiger partial charge in [0.1, 0.15) is 16.4 Å². The van der Waals surface area contributed by atoms with E-state index in [-0.39, 0.29) is 58.3 Å². The van der Waals surface area contributed by atoms with Gasteiger partial charge in [0.25, 0.3) is 15.9 Å². The molecule has 18 heteroatoms. The van der Waals surface area contributed by atoms with Crippen LogP contribution in [0, 0.1) is 0 Å². The summed E-state index contributed by atoms with van der Waals surface area (Å²) in [5.41, 5.74) is 2.91. The Balaban J connectivity index is 1.89. The fraction of sp³-hybridized carbons (Fsp3) is 0.344. The summed E-state index contributed by atoms with van der Waals surface area (Å²) in [6.07, 6.45) is -7.05. The van der Waals surface area contributed by atoms with Gasteiger partial charge in [-0.15, -0.1) is 13.2 Å². The van der Waals surface area contributed by atoms with Crippen LogP contribution in [-0.2, 0) is 36.4 Å². The van der Waals surface area contributed by atoms with Crippen molar-refractivity contribution in [2.45, 2.75) is 41.8 Å². The quantitative estimate of drug-likeness (QED) is 0.315. The molecule has 0 saturated carbocycles. The van der Waals surface area contributed by atoms with Gasteiger partial charge in [-0.2, -0.15) is 0 Å². The summed E-state index contributed by atoms with van der Waals surface area (Å²) >= 11 is 6.48. The Morgan fingerprint density at radius 2 is 1.74 bits per heavy atom. The van der Waals surface area contributed by atoms with Crippen molar-refractivity contribution in [3.8, 4) is 17.2 Å². The number of sulfonamides is 1. The zero-order chi connectivity index (χ0) is 36.9. The van der Waals surface area contributed by atoms with Gasteiger partial charge in [0.05, 0.1) is 38.5 Å². The molecule has 3 aromatic carbocycles. The molecule has 2 aliphatic heterocycles. The Bertz CT molecular complexity index is 1980. The number of hydrogen-bond donors (Lipinski definition) is 2. The molecule has 2 aliphatic rings. The predicted octanol–water partition coefficient (Wildman–Crippen LogP) is 2.79. The number of primary amides is 1. The number of nitrogens with two attached hydrogens (primary N) is 1. The molecule has 0 spiro atoms. The summed E-state index contributed by atoms with van der Waals surface area (Å²) < 4.78 is 85.1. The molecular formula is C32H32ClF3N4O9S. The Labute approximate surface area is 289 Å². The average molecular weight is 741 g/mol. The summed E-state index contributed by atoms with van der Waals surface area (Å²) in [7, 11) is 0.0202. The molecule has 268 valence electrons. The molecule has 1 saturated heterocycles. The first-order chi connectivity index (χ1) is 23.4. The number of anilines is 1. The van der Waals surface area contributed by atoms with E-state index < -0.39 is 62.4 Å². The van der Waals surface area contributed by atoms with E-state index in [1.807, 2.05) is 0 Å². The van der Waals surface area contributed by atoms with Gasteiger partial charge >= 0.3 is 6.36 Å². The second-order valence-corrected chi connectivity index (χ2v) is 14.0. The van der Waals surface area contributed by atoms with E-state index in [1.165, 1.54) is 67.4 Å². The number of halogens is 4. The molecule has 2 heterocycles. The van der Waals surface area contributed by atoms with E-state index in [0.717, 1.165) is 19.2 Å². The van der Waals surface area contributed by atoms with Crippen molar-refractivity contribution in [2.75, 3.05) is 39.2 Å². The van der Waals surface area contributed by atoms with Gasteiger partial charge in [0, 0.05) is 42.9 Å². The zero-order valence-corrected chi connectivity index (χ0v) is 28.6. The molecule has 3 atom stereocenters. The lowest BCUT2D eigenvalue weighted by atomic mass is 9.80. The zero-order valence-electron chi connectivity index (χ0n) is 27.0. The van der Waals surface area contributed by atoms with E-state index in [9.17, 15) is 36.3 Å². The molecule has 0 bridgehead atoms. The molecule has 0 aromatic heterocycles. The van der Waals surface area contributed by atoms with Gasteiger partial charge in [-0.05, 0) is 54.4 Å². The van der Waals surface area contributed by atoms with Crippen LogP contribution in [0.3, 0.4) is 0 Å². The fourth-order valence-corrected chi connectivity index (χ4v) is 8.21. The number of benzene rings is 3. The van der Waals surface area contributed by atoms with Crippen LogP contribution >= 0.6 is 11.6 Å². The SMILES string of the molecule is COc1ccc(S(=O)(=O)N2C(=O)C(c3cc(CC(N)=O)ccc3OC)(N3C[C@H](O)C[C@H]3C(=O)N(C)C)c3cc(Cl)ccc32)c(OC(F)(F)F)c1. The topological polar surface area (TPSA) is 169 Å². The Kier molecular flexibility index (Phi) is 9.74. The van der Waals surface area contributed by atoms with Crippen LogP contribution in [0.1, 0.15) is 23.1 Å². The van der Waals surface area contributed by atoms with E-state index in [2.05, 4.69) is 4.74 Å². The number of rotatable bonds is 10. The number of amides is 3. The highest BCUT2D eigenvalue weighted by molar-refractivity contribution is 7.93. The smallest absolute Gasteiger partial charge is 0.497 e. The van der Waals surface area contributed by atoms with E-state index in [4.69, 9.17) is 26.8 Å². The number of aliphatic hydroxyl groups excluding tert-OH is 1. The molecule has 3 amide bonds. The average Bonchev–Trinajstić information content (AvgIpc) is 3.53. The molecule has 0 radical (unpaired) electrons. The number of ether oxygens (including phenoxy) is 3. The Morgan fingerprint density at radius 1 is 1.04 bits per heavy atom. The fourth-order valence-electron chi connectivity index (χ4n) is 6.47. The summed E-state index contributed by atoms with van der Waals surface area (Å²) in [4.78, 5) is 42.6. The summed E-state index contributed by atoms with van der Waals surface area (Å²) in [5, 5.41) is 11.0. The highest BCUT2D eigenvalue weighted by Gasteiger charge is 2.64. The predicted molar refractivity (Wildman–Crippen MR) is 172 cm³/mol. The third-order valence-corrected chi connectivity index (χ3v) is 10.4. The van der Waals surface area contributed by atoms with Crippen LogP contribution in [-0.4, -0.2) is 94.4 Å². The van der Waals surface area contributed by atoms with Gasteiger partial charge in [0.15, 0.2) is 11.3 Å². The Hall–Kier alpha value is -4.58. The molecule has 3 aromatic rings. The molecule has 3 N–H and O–H groups in total. The molecule has 13 nitrogen and oxygen atoms in total. The largest absolute Gasteiger partial charge is 0.573 e. The maximum atomic E-state index is 15.4. The number of likely N-dealkylation sites (tertiary alicyclic amines) is 1. The number of carbonyl (C=O) groups excluding carboxylic acids is 3. The summed E-state index contributed by atoms with van der Waals surface area (Å²) in [6, 6.07) is 9.38. The van der Waals surface area contributed by atoms with E-state index in [0.29, 0.717) is 10.4 Å². The van der Waals surface area contributed by atoms with Gasteiger partial charge in [-0.1, -0.05) is 17.7 Å². The molecule has 1 fully saturated rings. The Morgan fingerprint density at radius 3 is 2.34 bits per heavy atom. The minimum atomic E-state index is -5.35. The molecule has 0 aliphatic carbocycles. The number of nitrogens with zero attached hydrogens (tertiary/aromatic N) is 3. The van der Waals surface area contributed by atoms with Crippen LogP contribution in [0.15, 0.2) is 59.5 Å². The minimum absolute atomic E-state index is 0.000253. The number of carbonyl (C=O) groups is 3. The minimum Gasteiger partial charge on any atom is -0.497 e. The van der Waals surface area contributed by atoms with Crippen molar-refractivity contribution < 1.29 is 55.3 Å². The van der Waals surface area contributed by atoms with Gasteiger partial charge in [0.2, 0.25) is 11.8 Å². The van der Waals surface area contributed by atoms with Crippen LogP contribution in [0.2, 0.25) is 5.02 Å². The van der Waals surface area contributed by atoms with Crippen molar-refractivity contribution in [1.29, 1.82) is 0 Å². The highest BCUT2D eigenvalue weighted by atomic mass is 35.5. The number of methoxy groups -OCH3 is 2. The first-order valence-corrected chi connectivity index (χ1v) is 16.6. The van der Waals surface area contributed by atoms with Gasteiger partial charge in [-0.25, -0.2) is 12.7 Å². The monoisotopic (exact) mass is 740 g/mol. The van der Waals surface area contributed by atoms with Crippen molar-refractivity contribution in [2.24, 2.45) is 5.73 Å². The molecule has 50 heavy (non-hydrogen) atoms. The van der Waals surface area contributed by atoms with Gasteiger partial charge < -0.3 is 30.0 Å². The lowest BCUT2D eigenvalue weighted by Crippen LogP contribution is -2.59. The molecule has 1 unspecified atom stereocenters. The second-order valence-electron chi connectivity index (χ2n) is 11.8.